The number of aryl methyl sites for hydroxylation is 2. The van der Waals surface area contributed by atoms with E-state index in [0.29, 0.717) is 0 Å². The number of allylic oxidation sites excluding steroid dienone is 5. The summed E-state index contributed by atoms with van der Waals surface area (Å²) >= 11 is 3.35. The highest BCUT2D eigenvalue weighted by molar-refractivity contribution is 9.10. The van der Waals surface area contributed by atoms with Gasteiger partial charge in [0.25, 0.3) is 0 Å². The first-order valence-corrected chi connectivity index (χ1v) is 11.3. The molecule has 0 fully saturated rings. The Kier molecular flexibility index (Phi) is 10.1. The van der Waals surface area contributed by atoms with E-state index in [1.165, 1.54) is 27.5 Å². The molecule has 4 rings (SSSR count). The molecule has 0 saturated carbocycles. The molecule has 4 aromatic rings. The van der Waals surface area contributed by atoms with E-state index in [9.17, 15) is 0 Å². The number of benzene rings is 3. The van der Waals surface area contributed by atoms with Crippen LogP contribution in [0.15, 0.2) is 112 Å². The second kappa shape index (κ2) is 12.8. The summed E-state index contributed by atoms with van der Waals surface area (Å²) < 4.78 is 6.89. The van der Waals surface area contributed by atoms with Crippen LogP contribution < -0.4 is 0 Å². The summed E-state index contributed by atoms with van der Waals surface area (Å²) in [6.07, 6.45) is 8.88. The topological polar surface area (TPSA) is 13.1 Å². The van der Waals surface area contributed by atoms with E-state index in [1.54, 1.807) is 6.08 Å². The maximum Gasteiger partial charge on any atom is 0.135 e. The summed E-state index contributed by atoms with van der Waals surface area (Å²) in [5.41, 5.74) is 5.85. The molecule has 0 aliphatic carbocycles. The van der Waals surface area contributed by atoms with E-state index in [1.807, 2.05) is 56.3 Å². The van der Waals surface area contributed by atoms with Gasteiger partial charge < -0.3 is 4.42 Å². The average Bonchev–Trinajstić information content (AvgIpc) is 3.15. The fourth-order valence-electron chi connectivity index (χ4n) is 3.03. The summed E-state index contributed by atoms with van der Waals surface area (Å²) in [5, 5.41) is 2.44. The smallest absolute Gasteiger partial charge is 0.135 e. The average molecular weight is 475 g/mol. The van der Waals surface area contributed by atoms with Gasteiger partial charge in [-0.15, -0.1) is 0 Å². The molecule has 3 aromatic carbocycles. The minimum Gasteiger partial charge on any atom is -0.456 e. The third kappa shape index (κ3) is 7.73. The van der Waals surface area contributed by atoms with Gasteiger partial charge in [0.05, 0.1) is 0 Å². The Bertz CT molecular complexity index is 1140. The molecule has 0 aliphatic heterocycles. The molecule has 0 radical (unpaired) electrons. The van der Waals surface area contributed by atoms with Crippen molar-refractivity contribution in [2.75, 3.05) is 0 Å². The van der Waals surface area contributed by atoms with Gasteiger partial charge in [0.15, 0.2) is 0 Å². The molecule has 2 heteroatoms. The van der Waals surface area contributed by atoms with Gasteiger partial charge in [0, 0.05) is 15.2 Å². The number of hydrogen-bond donors (Lipinski definition) is 0. The lowest BCUT2D eigenvalue weighted by Crippen LogP contribution is -1.77. The van der Waals surface area contributed by atoms with Crippen LogP contribution in [-0.2, 0) is 6.42 Å². The minimum atomic E-state index is 0.973. The third-order valence-corrected chi connectivity index (χ3v) is 5.20. The SMILES string of the molecule is C=C/C=C(C)\C=C/C.CCc1ccc2oc3ccccc3c2c1.Cc1ccc(Br)cc1. The van der Waals surface area contributed by atoms with Crippen LogP contribution in [0.3, 0.4) is 0 Å². The van der Waals surface area contributed by atoms with E-state index in [-0.39, 0.29) is 0 Å². The highest BCUT2D eigenvalue weighted by atomic mass is 79.9. The van der Waals surface area contributed by atoms with Crippen molar-refractivity contribution >= 4 is 37.9 Å². The first kappa shape index (κ1) is 24.4. The molecule has 0 atom stereocenters. The quantitative estimate of drug-likeness (QED) is 0.269. The predicted molar refractivity (Wildman–Crippen MR) is 141 cm³/mol. The van der Waals surface area contributed by atoms with Crippen molar-refractivity contribution in [3.05, 3.63) is 119 Å². The lowest BCUT2D eigenvalue weighted by atomic mass is 10.1. The monoisotopic (exact) mass is 474 g/mol. The van der Waals surface area contributed by atoms with E-state index in [4.69, 9.17) is 4.42 Å². The summed E-state index contributed by atoms with van der Waals surface area (Å²) in [7, 11) is 0. The van der Waals surface area contributed by atoms with Crippen molar-refractivity contribution in [3.8, 4) is 0 Å². The minimum absolute atomic E-state index is 0.973. The zero-order valence-electron chi connectivity index (χ0n) is 18.9. The fourth-order valence-corrected chi connectivity index (χ4v) is 3.30. The first-order chi connectivity index (χ1) is 15.0. The molecule has 0 bridgehead atoms. The lowest BCUT2D eigenvalue weighted by Gasteiger charge is -1.94. The van der Waals surface area contributed by atoms with Crippen LogP contribution >= 0.6 is 15.9 Å². The van der Waals surface area contributed by atoms with Crippen molar-refractivity contribution in [2.45, 2.75) is 34.1 Å². The summed E-state index contributed by atoms with van der Waals surface area (Å²) in [5.74, 6) is 0. The van der Waals surface area contributed by atoms with E-state index in [2.05, 4.69) is 78.8 Å². The van der Waals surface area contributed by atoms with E-state index >= 15 is 0 Å². The molecule has 0 spiro atoms. The van der Waals surface area contributed by atoms with Crippen LogP contribution in [0.1, 0.15) is 31.9 Å². The van der Waals surface area contributed by atoms with Crippen molar-refractivity contribution in [2.24, 2.45) is 0 Å². The van der Waals surface area contributed by atoms with Crippen LogP contribution in [0.2, 0.25) is 0 Å². The maximum absolute atomic E-state index is 5.75. The Morgan fingerprint density at radius 1 is 0.968 bits per heavy atom. The van der Waals surface area contributed by atoms with Crippen LogP contribution in [0, 0.1) is 6.92 Å². The van der Waals surface area contributed by atoms with Crippen molar-refractivity contribution in [3.63, 3.8) is 0 Å². The molecule has 0 saturated heterocycles. The Hall–Kier alpha value is -2.84. The van der Waals surface area contributed by atoms with Gasteiger partial charge in [-0.05, 0) is 63.1 Å². The van der Waals surface area contributed by atoms with Gasteiger partial charge in [-0.1, -0.05) is 101 Å². The largest absolute Gasteiger partial charge is 0.456 e. The molecule has 0 amide bonds. The van der Waals surface area contributed by atoms with Crippen LogP contribution in [0.25, 0.3) is 21.9 Å². The van der Waals surface area contributed by atoms with Gasteiger partial charge in [0.1, 0.15) is 11.2 Å². The van der Waals surface area contributed by atoms with Crippen LogP contribution in [-0.4, -0.2) is 0 Å². The fraction of sp³-hybridized carbons (Fsp3) is 0.172. The van der Waals surface area contributed by atoms with Gasteiger partial charge in [-0.2, -0.15) is 0 Å². The van der Waals surface area contributed by atoms with Crippen LogP contribution in [0.5, 0.6) is 0 Å². The zero-order valence-corrected chi connectivity index (χ0v) is 20.4. The number of para-hydroxylation sites is 1. The maximum atomic E-state index is 5.75. The third-order valence-electron chi connectivity index (χ3n) is 4.67. The molecule has 1 aromatic heterocycles. The van der Waals surface area contributed by atoms with Gasteiger partial charge in [0.2, 0.25) is 0 Å². The van der Waals surface area contributed by atoms with Crippen molar-refractivity contribution in [1.29, 1.82) is 0 Å². The van der Waals surface area contributed by atoms with Gasteiger partial charge in [-0.3, -0.25) is 0 Å². The zero-order chi connectivity index (χ0) is 22.6. The Balaban J connectivity index is 0.000000183. The van der Waals surface area contributed by atoms with E-state index < -0.39 is 0 Å². The second-order valence-electron chi connectivity index (χ2n) is 7.22. The summed E-state index contributed by atoms with van der Waals surface area (Å²) in [6.45, 7) is 11.9. The predicted octanol–water partition coefficient (Wildman–Crippen LogP) is 9.60. The van der Waals surface area contributed by atoms with Crippen molar-refractivity contribution < 1.29 is 4.42 Å². The molecule has 160 valence electrons. The number of furan rings is 1. The highest BCUT2D eigenvalue weighted by Gasteiger charge is 2.05. The van der Waals surface area contributed by atoms with Gasteiger partial charge in [-0.25, -0.2) is 0 Å². The van der Waals surface area contributed by atoms with Crippen LogP contribution in [0.4, 0.5) is 0 Å². The molecule has 31 heavy (non-hydrogen) atoms. The molecule has 0 aliphatic rings. The lowest BCUT2D eigenvalue weighted by molar-refractivity contribution is 0.669. The Morgan fingerprint density at radius 2 is 1.65 bits per heavy atom. The normalized spacial score (nSPS) is 11.1. The van der Waals surface area contributed by atoms with Crippen molar-refractivity contribution in [1.82, 2.24) is 0 Å². The summed E-state index contributed by atoms with van der Waals surface area (Å²) in [4.78, 5) is 0. The van der Waals surface area contributed by atoms with Gasteiger partial charge >= 0.3 is 0 Å². The number of hydrogen-bond acceptors (Lipinski definition) is 1. The molecule has 1 heterocycles. The number of rotatable bonds is 3. The number of halogens is 1. The first-order valence-electron chi connectivity index (χ1n) is 10.5. The molecular weight excluding hydrogens is 444 g/mol. The molecular formula is C29H31BrO. The highest BCUT2D eigenvalue weighted by Crippen LogP contribution is 2.29. The molecule has 0 N–H and O–H groups in total. The standard InChI is InChI=1S/C14H12O.C8H12.C7H7Br/c1-2-10-7-8-14-12(9-10)11-5-3-4-6-13(11)15-14;1-4-6-8(3)7-5-2;1-6-2-4-7(8)5-3-6/h3-9H,2H2,1H3;4-7H,1H2,2-3H3;2-5H,1H3/b;7-5-,8-6-;. The Labute approximate surface area is 194 Å². The molecule has 1 nitrogen and oxygen atoms in total. The summed E-state index contributed by atoms with van der Waals surface area (Å²) in [6, 6.07) is 22.8. The Morgan fingerprint density at radius 3 is 2.26 bits per heavy atom. The van der Waals surface area contributed by atoms with E-state index in [0.717, 1.165) is 22.1 Å². The second-order valence-corrected chi connectivity index (χ2v) is 8.14. The number of fused-ring (bicyclic) bond motifs is 3. The molecule has 0 unspecified atom stereocenters.